The van der Waals surface area contributed by atoms with Gasteiger partial charge >= 0.3 is 0 Å². The fourth-order valence-corrected chi connectivity index (χ4v) is 2.76. The monoisotopic (exact) mass is 269 g/mol. The van der Waals surface area contributed by atoms with E-state index < -0.39 is 0 Å². The zero-order valence-electron chi connectivity index (χ0n) is 9.10. The molecule has 1 aliphatic rings. The fourth-order valence-electron chi connectivity index (χ4n) is 2.22. The van der Waals surface area contributed by atoms with E-state index in [0.717, 1.165) is 22.9 Å². The molecule has 1 aliphatic carbocycles. The molecule has 0 atom stereocenters. The van der Waals surface area contributed by atoms with Crippen LogP contribution in [0.1, 0.15) is 29.5 Å². The van der Waals surface area contributed by atoms with E-state index in [0.29, 0.717) is 12.3 Å². The first kappa shape index (κ1) is 11.0. The number of aromatic hydroxyl groups is 1. The van der Waals surface area contributed by atoms with Gasteiger partial charge in [0.05, 0.1) is 4.47 Å². The molecule has 3 N–H and O–H groups in total. The summed E-state index contributed by atoms with van der Waals surface area (Å²) in [7, 11) is 0. The Balaban J connectivity index is 2.64. The molecular weight excluding hydrogens is 254 g/mol. The molecule has 0 bridgehead atoms. The number of rotatable bonds is 2. The van der Waals surface area contributed by atoms with E-state index >= 15 is 0 Å². The molecule has 15 heavy (non-hydrogen) atoms. The van der Waals surface area contributed by atoms with Crippen molar-refractivity contribution in [3.05, 3.63) is 27.2 Å². The number of nitrogens with two attached hydrogens (primary N) is 1. The molecule has 0 aromatic heterocycles. The Morgan fingerprint density at radius 3 is 2.53 bits per heavy atom. The highest BCUT2D eigenvalue weighted by Gasteiger charge is 2.46. The minimum atomic E-state index is 0.0444. The van der Waals surface area contributed by atoms with Crippen molar-refractivity contribution >= 4 is 15.9 Å². The molecule has 1 aromatic rings. The molecular formula is C12H16BrNO. The summed E-state index contributed by atoms with van der Waals surface area (Å²) in [6.07, 6.45) is 2.18. The SMILES string of the molecule is Cc1cc(Br)c(O)c(C2(CN)CC2)c1C. The molecule has 0 spiro atoms. The second-order valence-corrected chi connectivity index (χ2v) is 5.36. The lowest BCUT2D eigenvalue weighted by Gasteiger charge is -2.20. The normalized spacial score (nSPS) is 17.9. The molecule has 0 radical (unpaired) electrons. The van der Waals surface area contributed by atoms with Crippen LogP contribution in [0, 0.1) is 13.8 Å². The predicted octanol–water partition coefficient (Wildman–Crippen LogP) is 2.76. The Hall–Kier alpha value is -0.540. The van der Waals surface area contributed by atoms with Crippen molar-refractivity contribution in [3.63, 3.8) is 0 Å². The van der Waals surface area contributed by atoms with Crippen molar-refractivity contribution in [1.29, 1.82) is 0 Å². The van der Waals surface area contributed by atoms with Crippen LogP contribution < -0.4 is 5.73 Å². The van der Waals surface area contributed by atoms with E-state index in [1.54, 1.807) is 0 Å². The lowest BCUT2D eigenvalue weighted by molar-refractivity contribution is 0.454. The third-order valence-electron chi connectivity index (χ3n) is 3.55. The second-order valence-electron chi connectivity index (χ2n) is 4.51. The minimum absolute atomic E-state index is 0.0444. The van der Waals surface area contributed by atoms with Gasteiger partial charge in [-0.15, -0.1) is 0 Å². The Morgan fingerprint density at radius 1 is 1.47 bits per heavy atom. The topological polar surface area (TPSA) is 46.2 Å². The maximum Gasteiger partial charge on any atom is 0.133 e. The molecule has 82 valence electrons. The van der Waals surface area contributed by atoms with Crippen molar-refractivity contribution in [3.8, 4) is 5.75 Å². The van der Waals surface area contributed by atoms with E-state index in [-0.39, 0.29) is 5.41 Å². The van der Waals surface area contributed by atoms with Crippen LogP contribution in [0.25, 0.3) is 0 Å². The number of hydrogen-bond donors (Lipinski definition) is 2. The van der Waals surface area contributed by atoms with Crippen LogP contribution in [0.5, 0.6) is 5.75 Å². The van der Waals surface area contributed by atoms with Gasteiger partial charge in [0.25, 0.3) is 0 Å². The van der Waals surface area contributed by atoms with Gasteiger partial charge in [-0.3, -0.25) is 0 Å². The number of halogens is 1. The molecule has 3 heteroatoms. The minimum Gasteiger partial charge on any atom is -0.506 e. The zero-order chi connectivity index (χ0) is 11.2. The van der Waals surface area contributed by atoms with Gasteiger partial charge in [-0.1, -0.05) is 0 Å². The Kier molecular flexibility index (Phi) is 2.55. The number of benzene rings is 1. The third-order valence-corrected chi connectivity index (χ3v) is 4.15. The van der Waals surface area contributed by atoms with Gasteiger partial charge in [0.1, 0.15) is 5.75 Å². The first-order valence-corrected chi connectivity index (χ1v) is 6.00. The highest BCUT2D eigenvalue weighted by Crippen LogP contribution is 2.53. The molecule has 0 amide bonds. The lowest BCUT2D eigenvalue weighted by atomic mass is 9.89. The molecule has 0 unspecified atom stereocenters. The molecule has 1 saturated carbocycles. The quantitative estimate of drug-likeness (QED) is 0.868. The van der Waals surface area contributed by atoms with Gasteiger partial charge in [-0.25, -0.2) is 0 Å². The highest BCUT2D eigenvalue weighted by atomic mass is 79.9. The summed E-state index contributed by atoms with van der Waals surface area (Å²) in [5, 5.41) is 10.1. The van der Waals surface area contributed by atoms with Crippen LogP contribution in [0.15, 0.2) is 10.5 Å². The molecule has 2 rings (SSSR count). The Morgan fingerprint density at radius 2 is 2.07 bits per heavy atom. The second kappa shape index (κ2) is 3.49. The highest BCUT2D eigenvalue weighted by molar-refractivity contribution is 9.10. The van der Waals surface area contributed by atoms with Gasteiger partial charge in [-0.05, 0) is 59.8 Å². The first-order chi connectivity index (χ1) is 7.02. The number of phenols is 1. The van der Waals surface area contributed by atoms with Crippen LogP contribution in [-0.4, -0.2) is 11.7 Å². The Labute approximate surface area is 98.6 Å². The third kappa shape index (κ3) is 1.58. The van der Waals surface area contributed by atoms with Crippen molar-refractivity contribution in [2.45, 2.75) is 32.1 Å². The van der Waals surface area contributed by atoms with Crippen molar-refractivity contribution in [2.75, 3.05) is 6.54 Å². The number of hydrogen-bond acceptors (Lipinski definition) is 2. The lowest BCUT2D eigenvalue weighted by Crippen LogP contribution is -2.21. The maximum absolute atomic E-state index is 10.1. The van der Waals surface area contributed by atoms with Crippen LogP contribution in [0.2, 0.25) is 0 Å². The fraction of sp³-hybridized carbons (Fsp3) is 0.500. The summed E-state index contributed by atoms with van der Waals surface area (Å²) in [6, 6.07) is 1.96. The predicted molar refractivity (Wildman–Crippen MR) is 65.2 cm³/mol. The molecule has 1 fully saturated rings. The Bertz CT molecular complexity index is 384. The average molecular weight is 270 g/mol. The van der Waals surface area contributed by atoms with Crippen LogP contribution in [0.4, 0.5) is 0 Å². The standard InChI is InChI=1S/C12H16BrNO/c1-7-5-9(13)11(15)10(8(7)2)12(6-14)3-4-12/h5,15H,3-4,6,14H2,1-2H3. The summed E-state index contributed by atoms with van der Waals surface area (Å²) < 4.78 is 0.778. The largest absolute Gasteiger partial charge is 0.506 e. The van der Waals surface area contributed by atoms with Crippen molar-refractivity contribution < 1.29 is 5.11 Å². The summed E-state index contributed by atoms with van der Waals surface area (Å²) in [4.78, 5) is 0. The zero-order valence-corrected chi connectivity index (χ0v) is 10.7. The molecule has 1 aromatic carbocycles. The van der Waals surface area contributed by atoms with Crippen LogP contribution in [-0.2, 0) is 5.41 Å². The molecule has 0 heterocycles. The maximum atomic E-state index is 10.1. The van der Waals surface area contributed by atoms with Crippen LogP contribution >= 0.6 is 15.9 Å². The number of aryl methyl sites for hydroxylation is 1. The van der Waals surface area contributed by atoms with E-state index in [9.17, 15) is 5.11 Å². The molecule has 0 saturated heterocycles. The average Bonchev–Trinajstić information content (AvgIpc) is 2.96. The van der Waals surface area contributed by atoms with Crippen molar-refractivity contribution in [1.82, 2.24) is 0 Å². The summed E-state index contributed by atoms with van der Waals surface area (Å²) in [6.45, 7) is 4.75. The summed E-state index contributed by atoms with van der Waals surface area (Å²) >= 11 is 3.39. The smallest absolute Gasteiger partial charge is 0.133 e. The van der Waals surface area contributed by atoms with E-state index in [1.165, 1.54) is 11.1 Å². The van der Waals surface area contributed by atoms with Gasteiger partial charge in [0, 0.05) is 17.5 Å². The molecule has 2 nitrogen and oxygen atoms in total. The molecule has 0 aliphatic heterocycles. The van der Waals surface area contributed by atoms with Gasteiger partial charge in [0.2, 0.25) is 0 Å². The summed E-state index contributed by atoms with van der Waals surface area (Å²) in [5.41, 5.74) is 9.29. The van der Waals surface area contributed by atoms with E-state index in [1.807, 2.05) is 6.07 Å². The van der Waals surface area contributed by atoms with Gasteiger partial charge in [0.15, 0.2) is 0 Å². The number of phenolic OH excluding ortho intramolecular Hbond substituents is 1. The first-order valence-electron chi connectivity index (χ1n) is 5.21. The van der Waals surface area contributed by atoms with Gasteiger partial charge < -0.3 is 10.8 Å². The van der Waals surface area contributed by atoms with E-state index in [2.05, 4.69) is 29.8 Å². The van der Waals surface area contributed by atoms with E-state index in [4.69, 9.17) is 5.73 Å². The van der Waals surface area contributed by atoms with Crippen LogP contribution in [0.3, 0.4) is 0 Å². The summed E-state index contributed by atoms with van der Waals surface area (Å²) in [5.74, 6) is 0.376. The van der Waals surface area contributed by atoms with Crippen molar-refractivity contribution in [2.24, 2.45) is 5.73 Å². The van der Waals surface area contributed by atoms with Gasteiger partial charge in [-0.2, -0.15) is 0 Å².